The fourth-order valence-electron chi connectivity index (χ4n) is 4.32. The molecule has 0 atom stereocenters. The van der Waals surface area contributed by atoms with Gasteiger partial charge in [0, 0.05) is 50.1 Å². The Labute approximate surface area is 182 Å². The first-order chi connectivity index (χ1) is 14.9. The summed E-state index contributed by atoms with van der Waals surface area (Å²) in [6.45, 7) is 4.71. The number of sulfonamides is 1. The smallest absolute Gasteiger partial charge is 0.287 e. The predicted octanol–water partition coefficient (Wildman–Crippen LogP) is 2.66. The molecule has 168 valence electrons. The van der Waals surface area contributed by atoms with Gasteiger partial charge in [-0.3, -0.25) is 9.59 Å². The molecule has 9 heteroatoms. The molecule has 2 saturated heterocycles. The van der Waals surface area contributed by atoms with E-state index in [2.05, 4.69) is 5.32 Å². The Kier molecular flexibility index (Phi) is 6.34. The zero-order chi connectivity index (χ0) is 22.0. The number of likely N-dealkylation sites (tertiary alicyclic amines) is 1. The molecule has 0 bridgehead atoms. The fraction of sp³-hybridized carbons (Fsp3) is 0.545. The molecule has 1 N–H and O–H groups in total. The van der Waals surface area contributed by atoms with Gasteiger partial charge in [0.15, 0.2) is 5.76 Å². The van der Waals surface area contributed by atoms with Crippen molar-refractivity contribution >= 4 is 32.8 Å². The van der Waals surface area contributed by atoms with Gasteiger partial charge in [-0.05, 0) is 50.8 Å². The predicted molar refractivity (Wildman–Crippen MR) is 116 cm³/mol. The van der Waals surface area contributed by atoms with Gasteiger partial charge in [-0.25, -0.2) is 8.42 Å². The highest BCUT2D eigenvalue weighted by molar-refractivity contribution is 7.89. The Hall–Kier alpha value is -2.39. The SMILES string of the molecule is Cc1c(C(=O)NCCCN2CCCC2=O)oc2ccc(S(=O)(=O)N3CCCCC3)cc12. The van der Waals surface area contributed by atoms with Gasteiger partial charge in [-0.15, -0.1) is 0 Å². The summed E-state index contributed by atoms with van der Waals surface area (Å²) < 4.78 is 33.2. The lowest BCUT2D eigenvalue weighted by Gasteiger charge is -2.25. The molecule has 0 spiro atoms. The number of hydrogen-bond acceptors (Lipinski definition) is 5. The van der Waals surface area contributed by atoms with E-state index in [4.69, 9.17) is 4.42 Å². The number of piperidine rings is 1. The van der Waals surface area contributed by atoms with Crippen LogP contribution in [-0.4, -0.2) is 62.2 Å². The third-order valence-corrected chi connectivity index (χ3v) is 8.02. The topological polar surface area (TPSA) is 99.9 Å². The van der Waals surface area contributed by atoms with E-state index in [1.807, 2.05) is 4.90 Å². The van der Waals surface area contributed by atoms with Crippen LogP contribution < -0.4 is 5.32 Å². The van der Waals surface area contributed by atoms with Crippen LogP contribution in [0.4, 0.5) is 0 Å². The number of amides is 2. The van der Waals surface area contributed by atoms with Crippen molar-refractivity contribution in [3.63, 3.8) is 0 Å². The zero-order valence-corrected chi connectivity index (χ0v) is 18.7. The molecule has 3 heterocycles. The minimum absolute atomic E-state index is 0.176. The highest BCUT2D eigenvalue weighted by atomic mass is 32.2. The molecule has 4 rings (SSSR count). The van der Waals surface area contributed by atoms with Crippen LogP contribution in [0.1, 0.15) is 54.6 Å². The highest BCUT2D eigenvalue weighted by Crippen LogP contribution is 2.29. The van der Waals surface area contributed by atoms with E-state index >= 15 is 0 Å². The third kappa shape index (κ3) is 4.48. The molecule has 0 aliphatic carbocycles. The van der Waals surface area contributed by atoms with Crippen molar-refractivity contribution in [3.8, 4) is 0 Å². The average molecular weight is 448 g/mol. The van der Waals surface area contributed by atoms with E-state index in [9.17, 15) is 18.0 Å². The van der Waals surface area contributed by atoms with Gasteiger partial charge in [0.2, 0.25) is 15.9 Å². The van der Waals surface area contributed by atoms with Crippen molar-refractivity contribution < 1.29 is 22.4 Å². The van der Waals surface area contributed by atoms with Crippen molar-refractivity contribution in [2.24, 2.45) is 0 Å². The van der Waals surface area contributed by atoms with E-state index in [1.54, 1.807) is 25.1 Å². The largest absolute Gasteiger partial charge is 0.451 e. The van der Waals surface area contributed by atoms with Gasteiger partial charge in [-0.1, -0.05) is 6.42 Å². The molecule has 0 saturated carbocycles. The van der Waals surface area contributed by atoms with Crippen LogP contribution in [0.25, 0.3) is 11.0 Å². The van der Waals surface area contributed by atoms with E-state index in [0.29, 0.717) is 55.6 Å². The molecule has 8 nitrogen and oxygen atoms in total. The number of fused-ring (bicyclic) bond motifs is 1. The molecular formula is C22H29N3O5S. The lowest BCUT2D eigenvalue weighted by Crippen LogP contribution is -2.35. The lowest BCUT2D eigenvalue weighted by atomic mass is 10.1. The molecule has 0 radical (unpaired) electrons. The lowest BCUT2D eigenvalue weighted by molar-refractivity contribution is -0.127. The average Bonchev–Trinajstić information content (AvgIpc) is 3.34. The third-order valence-electron chi connectivity index (χ3n) is 6.13. The number of rotatable bonds is 7. The van der Waals surface area contributed by atoms with E-state index in [-0.39, 0.29) is 22.5 Å². The second-order valence-electron chi connectivity index (χ2n) is 8.27. The molecule has 31 heavy (non-hydrogen) atoms. The van der Waals surface area contributed by atoms with Crippen molar-refractivity contribution in [3.05, 3.63) is 29.5 Å². The van der Waals surface area contributed by atoms with Crippen LogP contribution in [0, 0.1) is 6.92 Å². The van der Waals surface area contributed by atoms with Crippen LogP contribution in [0.3, 0.4) is 0 Å². The van der Waals surface area contributed by atoms with Gasteiger partial charge in [-0.2, -0.15) is 4.31 Å². The monoisotopic (exact) mass is 447 g/mol. The maximum absolute atomic E-state index is 13.0. The van der Waals surface area contributed by atoms with Crippen LogP contribution in [-0.2, 0) is 14.8 Å². The first-order valence-corrected chi connectivity index (χ1v) is 12.4. The molecule has 2 amide bonds. The van der Waals surface area contributed by atoms with Gasteiger partial charge in [0.05, 0.1) is 4.90 Å². The number of aryl methyl sites for hydroxylation is 1. The molecule has 1 aromatic carbocycles. The molecule has 2 aromatic rings. The van der Waals surface area contributed by atoms with Gasteiger partial charge in [0.25, 0.3) is 5.91 Å². The van der Waals surface area contributed by atoms with Crippen LogP contribution >= 0.6 is 0 Å². The summed E-state index contributed by atoms with van der Waals surface area (Å²) in [7, 11) is -3.55. The Morgan fingerprint density at radius 3 is 2.61 bits per heavy atom. The minimum Gasteiger partial charge on any atom is -0.451 e. The quantitative estimate of drug-likeness (QED) is 0.658. The number of carbonyl (C=O) groups excluding carboxylic acids is 2. The summed E-state index contributed by atoms with van der Waals surface area (Å²) in [5, 5.41) is 3.47. The maximum Gasteiger partial charge on any atom is 0.287 e. The molecule has 2 aliphatic heterocycles. The minimum atomic E-state index is -3.55. The number of benzene rings is 1. The number of furan rings is 1. The van der Waals surface area contributed by atoms with Crippen LogP contribution in [0.5, 0.6) is 0 Å². The van der Waals surface area contributed by atoms with Crippen molar-refractivity contribution in [2.45, 2.75) is 50.3 Å². The Morgan fingerprint density at radius 2 is 1.90 bits per heavy atom. The number of carbonyl (C=O) groups is 2. The van der Waals surface area contributed by atoms with Gasteiger partial charge >= 0.3 is 0 Å². The molecular weight excluding hydrogens is 418 g/mol. The Morgan fingerprint density at radius 1 is 1.13 bits per heavy atom. The number of nitrogens with one attached hydrogen (secondary N) is 1. The summed E-state index contributed by atoms with van der Waals surface area (Å²) in [5.41, 5.74) is 1.11. The van der Waals surface area contributed by atoms with Crippen molar-refractivity contribution in [1.82, 2.24) is 14.5 Å². The van der Waals surface area contributed by atoms with Crippen LogP contribution in [0.2, 0.25) is 0 Å². The molecule has 0 unspecified atom stereocenters. The molecule has 1 aromatic heterocycles. The van der Waals surface area contributed by atoms with Crippen LogP contribution in [0.15, 0.2) is 27.5 Å². The second-order valence-corrected chi connectivity index (χ2v) is 10.2. The van der Waals surface area contributed by atoms with E-state index < -0.39 is 10.0 Å². The second kappa shape index (κ2) is 9.00. The molecule has 2 fully saturated rings. The van der Waals surface area contributed by atoms with Crippen molar-refractivity contribution in [2.75, 3.05) is 32.7 Å². The Balaban J connectivity index is 1.44. The maximum atomic E-state index is 13.0. The Bertz CT molecular complexity index is 1090. The standard InChI is InChI=1S/C22H29N3O5S/c1-16-18-15-17(31(28,29)25-13-3-2-4-14-25)8-9-19(18)30-21(16)22(27)23-10-6-12-24-11-5-7-20(24)26/h8-9,15H,2-7,10-14H2,1H3,(H,23,27). The van der Waals surface area contributed by atoms with Gasteiger partial charge in [0.1, 0.15) is 5.58 Å². The first-order valence-electron chi connectivity index (χ1n) is 11.0. The number of hydrogen-bond donors (Lipinski definition) is 1. The van der Waals surface area contributed by atoms with E-state index in [1.165, 1.54) is 4.31 Å². The normalized spacial score (nSPS) is 18.1. The summed E-state index contributed by atoms with van der Waals surface area (Å²) >= 11 is 0. The fourth-order valence-corrected chi connectivity index (χ4v) is 5.87. The van der Waals surface area contributed by atoms with E-state index in [0.717, 1.165) is 32.2 Å². The molecule has 2 aliphatic rings. The zero-order valence-electron chi connectivity index (χ0n) is 17.9. The summed E-state index contributed by atoms with van der Waals surface area (Å²) in [4.78, 5) is 26.3. The summed E-state index contributed by atoms with van der Waals surface area (Å²) in [5.74, 6) is 0.0384. The summed E-state index contributed by atoms with van der Waals surface area (Å²) in [6, 6.07) is 4.77. The highest BCUT2D eigenvalue weighted by Gasteiger charge is 2.27. The summed E-state index contributed by atoms with van der Waals surface area (Å²) in [6.07, 6.45) is 5.00. The van der Waals surface area contributed by atoms with Crippen molar-refractivity contribution in [1.29, 1.82) is 0 Å². The first kappa shape index (κ1) is 21.8. The number of nitrogens with zero attached hydrogens (tertiary/aromatic N) is 2. The van der Waals surface area contributed by atoms with Gasteiger partial charge < -0.3 is 14.6 Å².